The Morgan fingerprint density at radius 1 is 1.24 bits per heavy atom. The number of hydrogen-bond acceptors (Lipinski definition) is 3. The molecule has 4 nitrogen and oxygen atoms in total. The van der Waals surface area contributed by atoms with Crippen LogP contribution < -0.4 is 0 Å². The summed E-state index contributed by atoms with van der Waals surface area (Å²) in [5.41, 5.74) is 0.762. The Balaban J connectivity index is 1.25. The van der Waals surface area contributed by atoms with Crippen LogP contribution in [0.5, 0.6) is 0 Å². The number of carbonyl (C=O) groups is 1. The number of amides is 1. The summed E-state index contributed by atoms with van der Waals surface area (Å²) in [6.45, 7) is 3.04. The van der Waals surface area contributed by atoms with Crippen molar-refractivity contribution in [2.24, 2.45) is 5.92 Å². The maximum absolute atomic E-state index is 13.0. The predicted molar refractivity (Wildman–Crippen MR) is 91.7 cm³/mol. The Labute approximate surface area is 148 Å². The quantitative estimate of drug-likeness (QED) is 0.822. The van der Waals surface area contributed by atoms with E-state index in [1.165, 1.54) is 25.0 Å². The Morgan fingerprint density at radius 3 is 2.64 bits per heavy atom. The maximum atomic E-state index is 13.0. The van der Waals surface area contributed by atoms with Crippen molar-refractivity contribution in [1.82, 2.24) is 4.90 Å². The maximum Gasteiger partial charge on any atom is 0.226 e. The minimum Gasteiger partial charge on any atom is -0.375 e. The number of benzene rings is 1. The minimum absolute atomic E-state index is 0.0964. The van der Waals surface area contributed by atoms with Crippen LogP contribution in [-0.4, -0.2) is 48.8 Å². The SMILES string of the molecule is O=C(Cc1ccc(F)cc1)N1CCC2(CC1)C[C@H](OCC1CC1)CO2. The number of likely N-dealkylation sites (tertiary alicyclic amines) is 1. The second kappa shape index (κ2) is 7.04. The molecule has 2 aliphatic heterocycles. The van der Waals surface area contributed by atoms with Crippen LogP contribution in [0.4, 0.5) is 4.39 Å². The Hall–Kier alpha value is -1.46. The summed E-state index contributed by atoms with van der Waals surface area (Å²) in [7, 11) is 0. The van der Waals surface area contributed by atoms with Crippen molar-refractivity contribution < 1.29 is 18.7 Å². The molecule has 0 radical (unpaired) electrons. The van der Waals surface area contributed by atoms with Gasteiger partial charge in [-0.3, -0.25) is 4.79 Å². The molecule has 2 heterocycles. The van der Waals surface area contributed by atoms with Gasteiger partial charge in [0.05, 0.1) is 24.7 Å². The van der Waals surface area contributed by atoms with Crippen molar-refractivity contribution in [3.8, 4) is 0 Å². The minimum atomic E-state index is -0.270. The number of halogens is 1. The van der Waals surface area contributed by atoms with Crippen LogP contribution in [0.15, 0.2) is 24.3 Å². The monoisotopic (exact) mass is 347 g/mol. The van der Waals surface area contributed by atoms with Crippen LogP contribution >= 0.6 is 0 Å². The third kappa shape index (κ3) is 4.21. The number of ether oxygens (including phenoxy) is 2. The Bertz CT molecular complexity index is 606. The van der Waals surface area contributed by atoms with E-state index >= 15 is 0 Å². The van der Waals surface area contributed by atoms with E-state index in [4.69, 9.17) is 9.47 Å². The van der Waals surface area contributed by atoms with Gasteiger partial charge in [-0.25, -0.2) is 4.39 Å². The number of carbonyl (C=O) groups excluding carboxylic acids is 1. The summed E-state index contributed by atoms with van der Waals surface area (Å²) in [6.07, 6.45) is 5.90. The molecular weight excluding hydrogens is 321 g/mol. The molecule has 5 heteroatoms. The molecule has 0 aromatic heterocycles. The predicted octanol–water partition coefficient (Wildman–Crippen LogP) is 2.94. The molecule has 4 rings (SSSR count). The van der Waals surface area contributed by atoms with Gasteiger partial charge in [-0.1, -0.05) is 12.1 Å². The molecule has 0 bridgehead atoms. The van der Waals surface area contributed by atoms with Crippen LogP contribution in [0, 0.1) is 11.7 Å². The van der Waals surface area contributed by atoms with E-state index < -0.39 is 0 Å². The summed E-state index contributed by atoms with van der Waals surface area (Å²) < 4.78 is 25.0. The third-order valence-corrected chi connectivity index (χ3v) is 5.74. The van der Waals surface area contributed by atoms with Gasteiger partial charge in [0.2, 0.25) is 5.91 Å². The summed E-state index contributed by atoms with van der Waals surface area (Å²) in [6, 6.07) is 6.17. The second-order valence-corrected chi connectivity index (χ2v) is 7.78. The molecular formula is C20H26FNO3. The van der Waals surface area contributed by atoms with Crippen molar-refractivity contribution in [3.05, 3.63) is 35.6 Å². The zero-order chi connectivity index (χ0) is 17.3. The van der Waals surface area contributed by atoms with Gasteiger partial charge in [0.15, 0.2) is 0 Å². The normalized spacial score (nSPS) is 25.5. The van der Waals surface area contributed by atoms with Crippen molar-refractivity contribution >= 4 is 5.91 Å². The lowest BCUT2D eigenvalue weighted by Gasteiger charge is -2.38. The van der Waals surface area contributed by atoms with Gasteiger partial charge < -0.3 is 14.4 Å². The lowest BCUT2D eigenvalue weighted by atomic mass is 9.87. The molecule has 1 atom stereocenters. The summed E-state index contributed by atoms with van der Waals surface area (Å²) in [4.78, 5) is 14.4. The van der Waals surface area contributed by atoms with Gasteiger partial charge in [-0.15, -0.1) is 0 Å². The molecule has 3 aliphatic rings. The van der Waals surface area contributed by atoms with E-state index in [2.05, 4.69) is 0 Å². The number of rotatable bonds is 5. The van der Waals surface area contributed by atoms with Gasteiger partial charge >= 0.3 is 0 Å². The largest absolute Gasteiger partial charge is 0.375 e. The molecule has 1 saturated carbocycles. The van der Waals surface area contributed by atoms with E-state index in [-0.39, 0.29) is 23.4 Å². The molecule has 1 aliphatic carbocycles. The molecule has 1 spiro atoms. The van der Waals surface area contributed by atoms with E-state index in [1.54, 1.807) is 12.1 Å². The van der Waals surface area contributed by atoms with Gasteiger partial charge in [-0.05, 0) is 49.3 Å². The highest BCUT2D eigenvalue weighted by Crippen LogP contribution is 2.38. The smallest absolute Gasteiger partial charge is 0.226 e. The summed E-state index contributed by atoms with van der Waals surface area (Å²) in [5, 5.41) is 0. The molecule has 0 unspecified atom stereocenters. The highest BCUT2D eigenvalue weighted by molar-refractivity contribution is 5.78. The van der Waals surface area contributed by atoms with Crippen molar-refractivity contribution in [3.63, 3.8) is 0 Å². The van der Waals surface area contributed by atoms with Crippen molar-refractivity contribution in [2.75, 3.05) is 26.3 Å². The highest BCUT2D eigenvalue weighted by Gasteiger charge is 2.44. The fourth-order valence-corrected chi connectivity index (χ4v) is 3.87. The van der Waals surface area contributed by atoms with Gasteiger partial charge in [0.1, 0.15) is 5.82 Å². The van der Waals surface area contributed by atoms with Crippen molar-refractivity contribution in [2.45, 2.75) is 50.2 Å². The number of piperidine rings is 1. The average molecular weight is 347 g/mol. The topological polar surface area (TPSA) is 38.8 Å². The third-order valence-electron chi connectivity index (χ3n) is 5.74. The first-order valence-corrected chi connectivity index (χ1v) is 9.40. The summed E-state index contributed by atoms with van der Waals surface area (Å²) >= 11 is 0. The van der Waals surface area contributed by atoms with Crippen LogP contribution in [0.25, 0.3) is 0 Å². The number of hydrogen-bond donors (Lipinski definition) is 0. The van der Waals surface area contributed by atoms with Crippen LogP contribution in [0.3, 0.4) is 0 Å². The lowest BCUT2D eigenvalue weighted by molar-refractivity contribution is -0.135. The average Bonchev–Trinajstić information content (AvgIpc) is 3.37. The molecule has 1 aromatic carbocycles. The molecule has 1 amide bonds. The van der Waals surface area contributed by atoms with Gasteiger partial charge in [-0.2, -0.15) is 0 Å². The van der Waals surface area contributed by atoms with Crippen LogP contribution in [0.2, 0.25) is 0 Å². The Kier molecular flexibility index (Phi) is 4.78. The van der Waals surface area contributed by atoms with Crippen LogP contribution in [0.1, 0.15) is 37.7 Å². The van der Waals surface area contributed by atoms with E-state index in [0.29, 0.717) is 13.0 Å². The van der Waals surface area contributed by atoms with E-state index in [0.717, 1.165) is 50.4 Å². The molecule has 2 saturated heterocycles. The van der Waals surface area contributed by atoms with Crippen LogP contribution in [-0.2, 0) is 20.7 Å². The van der Waals surface area contributed by atoms with Gasteiger partial charge in [0.25, 0.3) is 0 Å². The zero-order valence-electron chi connectivity index (χ0n) is 14.6. The van der Waals surface area contributed by atoms with Gasteiger partial charge in [0, 0.05) is 26.1 Å². The molecule has 0 N–H and O–H groups in total. The first kappa shape index (κ1) is 17.0. The first-order valence-electron chi connectivity index (χ1n) is 9.40. The Morgan fingerprint density at radius 2 is 1.96 bits per heavy atom. The van der Waals surface area contributed by atoms with Crippen molar-refractivity contribution in [1.29, 1.82) is 0 Å². The lowest BCUT2D eigenvalue weighted by Crippen LogP contribution is -2.47. The molecule has 136 valence electrons. The molecule has 1 aromatic rings. The second-order valence-electron chi connectivity index (χ2n) is 7.78. The van der Waals surface area contributed by atoms with E-state index in [1.807, 2.05) is 4.90 Å². The highest BCUT2D eigenvalue weighted by atomic mass is 19.1. The fourth-order valence-electron chi connectivity index (χ4n) is 3.87. The fraction of sp³-hybridized carbons (Fsp3) is 0.650. The zero-order valence-corrected chi connectivity index (χ0v) is 14.6. The molecule has 25 heavy (non-hydrogen) atoms. The van der Waals surface area contributed by atoms with E-state index in [9.17, 15) is 9.18 Å². The first-order chi connectivity index (χ1) is 12.1. The number of nitrogens with zero attached hydrogens (tertiary/aromatic N) is 1. The molecule has 3 fully saturated rings. The standard InChI is InChI=1S/C20H26FNO3/c21-17-5-3-15(4-6-17)11-19(23)22-9-7-20(8-10-22)12-18(14-25-20)24-13-16-1-2-16/h3-6,16,18H,1-2,7-14H2/t18-/m0/s1. The summed E-state index contributed by atoms with van der Waals surface area (Å²) in [5.74, 6) is 0.622.